The first-order valence-electron chi connectivity index (χ1n) is 9.39. The van der Waals surface area contributed by atoms with E-state index < -0.39 is 0 Å². The molecule has 1 aliphatic rings. The molecule has 0 radical (unpaired) electrons. The Morgan fingerprint density at radius 1 is 1.43 bits per heavy atom. The Kier molecular flexibility index (Phi) is 9.23. The van der Waals surface area contributed by atoms with Crippen molar-refractivity contribution in [1.29, 1.82) is 0 Å². The number of carbonyl (C=O) groups excluding carboxylic acids is 1. The average Bonchev–Trinajstić information content (AvgIpc) is 3.37. The number of hydrogen-bond acceptors (Lipinski definition) is 6. The molecule has 3 rings (SSSR count). The lowest BCUT2D eigenvalue weighted by atomic mass is 9.97. The molecule has 0 atom stereocenters. The maximum absolute atomic E-state index is 11.9. The van der Waals surface area contributed by atoms with Gasteiger partial charge in [-0.2, -0.15) is 0 Å². The van der Waals surface area contributed by atoms with E-state index >= 15 is 0 Å². The van der Waals surface area contributed by atoms with E-state index in [4.69, 9.17) is 14.1 Å². The first-order valence-corrected chi connectivity index (χ1v) is 10.3. The zero-order valence-corrected chi connectivity index (χ0v) is 19.4. The Morgan fingerprint density at radius 2 is 2.21 bits per heavy atom. The lowest BCUT2D eigenvalue weighted by Gasteiger charge is -2.33. The van der Waals surface area contributed by atoms with Crippen LogP contribution in [0.4, 0.5) is 0 Å². The molecule has 28 heavy (non-hydrogen) atoms. The highest BCUT2D eigenvalue weighted by molar-refractivity contribution is 14.0. The molecule has 154 valence electrons. The number of likely N-dealkylation sites (tertiary alicyclic amines) is 1. The van der Waals surface area contributed by atoms with Gasteiger partial charge in [-0.15, -0.1) is 35.3 Å². The maximum Gasteiger partial charge on any atom is 0.309 e. The number of piperidine rings is 1. The molecule has 0 spiro atoms. The second-order valence-corrected chi connectivity index (χ2v) is 7.25. The van der Waals surface area contributed by atoms with Crippen LogP contribution in [0.15, 0.2) is 33.2 Å². The minimum absolute atomic E-state index is 0. The summed E-state index contributed by atoms with van der Waals surface area (Å²) in [7, 11) is 0. The first-order chi connectivity index (χ1) is 13.2. The summed E-state index contributed by atoms with van der Waals surface area (Å²) >= 11 is 1.60. The minimum Gasteiger partial charge on any atom is -0.466 e. The molecular weight excluding hydrogens is 491 g/mol. The summed E-state index contributed by atoms with van der Waals surface area (Å²) in [6.45, 7) is 7.14. The van der Waals surface area contributed by atoms with E-state index in [2.05, 4.69) is 15.2 Å². The molecule has 1 fully saturated rings. The summed E-state index contributed by atoms with van der Waals surface area (Å²) in [6.07, 6.45) is 3.24. The van der Waals surface area contributed by atoms with E-state index in [1.165, 1.54) is 0 Å². The number of oxazole rings is 1. The number of carbonyl (C=O) groups is 1. The fourth-order valence-corrected chi connectivity index (χ4v) is 3.72. The molecule has 3 heterocycles. The molecule has 0 aliphatic carbocycles. The van der Waals surface area contributed by atoms with Gasteiger partial charge in [0, 0.05) is 19.6 Å². The summed E-state index contributed by atoms with van der Waals surface area (Å²) in [4.78, 5) is 24.3. The fourth-order valence-electron chi connectivity index (χ4n) is 3.06. The van der Waals surface area contributed by atoms with Gasteiger partial charge < -0.3 is 19.4 Å². The van der Waals surface area contributed by atoms with Crippen molar-refractivity contribution in [1.82, 2.24) is 15.2 Å². The largest absolute Gasteiger partial charge is 0.466 e. The van der Waals surface area contributed by atoms with Crippen molar-refractivity contribution < 1.29 is 13.9 Å². The van der Waals surface area contributed by atoms with Gasteiger partial charge in [0.2, 0.25) is 5.89 Å². The molecule has 0 amide bonds. The highest BCUT2D eigenvalue weighted by Gasteiger charge is 2.27. The second kappa shape index (κ2) is 11.4. The van der Waals surface area contributed by atoms with Gasteiger partial charge in [-0.25, -0.2) is 9.98 Å². The molecule has 0 bridgehead atoms. The summed E-state index contributed by atoms with van der Waals surface area (Å²) < 4.78 is 10.7. The molecule has 1 aliphatic heterocycles. The van der Waals surface area contributed by atoms with E-state index in [1.54, 1.807) is 17.6 Å². The molecule has 2 aromatic heterocycles. The third-order valence-corrected chi connectivity index (χ3v) is 5.28. The first kappa shape index (κ1) is 22.7. The van der Waals surface area contributed by atoms with Crippen LogP contribution in [0.25, 0.3) is 10.8 Å². The smallest absolute Gasteiger partial charge is 0.309 e. The second-order valence-electron chi connectivity index (χ2n) is 6.30. The van der Waals surface area contributed by atoms with Crippen LogP contribution in [0.3, 0.4) is 0 Å². The van der Waals surface area contributed by atoms with E-state index in [9.17, 15) is 4.79 Å². The third-order valence-electron chi connectivity index (χ3n) is 4.42. The predicted octanol–water partition coefficient (Wildman–Crippen LogP) is 3.76. The number of thiophene rings is 1. The number of aliphatic imine (C=N–C) groups is 1. The van der Waals surface area contributed by atoms with E-state index in [-0.39, 0.29) is 35.9 Å². The highest BCUT2D eigenvalue weighted by atomic mass is 127. The summed E-state index contributed by atoms with van der Waals surface area (Å²) in [6, 6.07) is 3.96. The Bertz CT molecular complexity index is 755. The predicted molar refractivity (Wildman–Crippen MR) is 121 cm³/mol. The van der Waals surface area contributed by atoms with Crippen molar-refractivity contribution in [2.24, 2.45) is 10.9 Å². The maximum atomic E-state index is 11.9. The average molecular weight is 518 g/mol. The number of hydrogen-bond donors (Lipinski definition) is 1. The molecule has 9 heteroatoms. The number of aromatic nitrogens is 1. The number of guanidine groups is 1. The Hall–Kier alpha value is -1.62. The van der Waals surface area contributed by atoms with Crippen LogP contribution >= 0.6 is 35.3 Å². The number of rotatable bonds is 6. The van der Waals surface area contributed by atoms with Gasteiger partial charge in [-0.05, 0) is 38.1 Å². The topological polar surface area (TPSA) is 80.0 Å². The molecule has 0 saturated carbocycles. The van der Waals surface area contributed by atoms with Crippen molar-refractivity contribution >= 4 is 47.2 Å². The van der Waals surface area contributed by atoms with Gasteiger partial charge in [-0.1, -0.05) is 6.07 Å². The number of esters is 1. The number of halogens is 1. The van der Waals surface area contributed by atoms with Gasteiger partial charge in [0.1, 0.15) is 12.0 Å². The standard InChI is InChI=1S/C19H26N4O3S.HI/c1-3-20-19(23-9-7-14(8-10-23)18(24)25-4-2)21-12-15-13-26-17(22-15)16-6-5-11-27-16;/h5-6,11,13-14H,3-4,7-10,12H2,1-2H3,(H,20,21);1H. The van der Waals surface area contributed by atoms with Crippen molar-refractivity contribution in [3.05, 3.63) is 29.5 Å². The van der Waals surface area contributed by atoms with Crippen molar-refractivity contribution in [3.8, 4) is 10.8 Å². The molecule has 2 aromatic rings. The Morgan fingerprint density at radius 3 is 2.86 bits per heavy atom. The van der Waals surface area contributed by atoms with Gasteiger partial charge in [-0.3, -0.25) is 4.79 Å². The van der Waals surface area contributed by atoms with Crippen molar-refractivity contribution in [2.45, 2.75) is 33.2 Å². The molecule has 7 nitrogen and oxygen atoms in total. The van der Waals surface area contributed by atoms with Crippen LogP contribution < -0.4 is 5.32 Å². The molecule has 1 N–H and O–H groups in total. The Balaban J connectivity index is 0.00000280. The number of ether oxygens (including phenoxy) is 1. The lowest BCUT2D eigenvalue weighted by Crippen LogP contribution is -2.46. The molecule has 0 unspecified atom stereocenters. The lowest BCUT2D eigenvalue weighted by molar-refractivity contribution is -0.149. The fraction of sp³-hybridized carbons (Fsp3) is 0.526. The normalized spacial score (nSPS) is 15.2. The number of nitrogens with zero attached hydrogens (tertiary/aromatic N) is 3. The van der Waals surface area contributed by atoms with Crippen LogP contribution in [-0.4, -0.2) is 48.1 Å². The summed E-state index contributed by atoms with van der Waals surface area (Å²) in [5.41, 5.74) is 0.801. The zero-order chi connectivity index (χ0) is 19.1. The van der Waals surface area contributed by atoms with Crippen molar-refractivity contribution in [2.75, 3.05) is 26.2 Å². The van der Waals surface area contributed by atoms with E-state index in [1.807, 2.05) is 31.4 Å². The monoisotopic (exact) mass is 518 g/mol. The zero-order valence-electron chi connectivity index (χ0n) is 16.2. The minimum atomic E-state index is -0.0807. The van der Waals surface area contributed by atoms with Crippen LogP contribution in [0, 0.1) is 5.92 Å². The van der Waals surface area contributed by atoms with Gasteiger partial charge in [0.15, 0.2) is 5.96 Å². The van der Waals surface area contributed by atoms with Crippen LogP contribution in [0.5, 0.6) is 0 Å². The summed E-state index contributed by atoms with van der Waals surface area (Å²) in [5.74, 6) is 1.40. The van der Waals surface area contributed by atoms with Crippen LogP contribution in [-0.2, 0) is 16.1 Å². The van der Waals surface area contributed by atoms with E-state index in [0.29, 0.717) is 19.0 Å². The third kappa shape index (κ3) is 5.94. The number of nitrogens with one attached hydrogen (secondary N) is 1. The molecule has 1 saturated heterocycles. The van der Waals surface area contributed by atoms with Crippen molar-refractivity contribution in [3.63, 3.8) is 0 Å². The SMILES string of the molecule is CCNC(=NCc1coc(-c2cccs2)n1)N1CCC(C(=O)OCC)CC1.I. The Labute approximate surface area is 186 Å². The molecule has 0 aromatic carbocycles. The van der Waals surface area contributed by atoms with E-state index in [0.717, 1.165) is 49.0 Å². The quantitative estimate of drug-likeness (QED) is 0.272. The van der Waals surface area contributed by atoms with Gasteiger partial charge in [0.25, 0.3) is 0 Å². The van der Waals surface area contributed by atoms with Crippen LogP contribution in [0.2, 0.25) is 0 Å². The molecular formula is C19H27IN4O3S. The van der Waals surface area contributed by atoms with Crippen LogP contribution in [0.1, 0.15) is 32.4 Å². The summed E-state index contributed by atoms with van der Waals surface area (Å²) in [5, 5.41) is 5.33. The highest BCUT2D eigenvalue weighted by Crippen LogP contribution is 2.24. The van der Waals surface area contributed by atoms with Gasteiger partial charge >= 0.3 is 5.97 Å². The van der Waals surface area contributed by atoms with Gasteiger partial charge in [0.05, 0.1) is 23.9 Å².